The van der Waals surface area contributed by atoms with Crippen molar-refractivity contribution in [3.63, 3.8) is 0 Å². The van der Waals surface area contributed by atoms with Gasteiger partial charge in [0.05, 0.1) is 34.1 Å². The summed E-state index contributed by atoms with van der Waals surface area (Å²) < 4.78 is 42.9. The molecule has 0 saturated carbocycles. The molecular weight excluding hydrogens is 478 g/mol. The number of likely N-dealkylation sites (N-methyl/N-ethyl adjacent to an activating group) is 1. The topological polar surface area (TPSA) is 107 Å². The molecule has 0 aliphatic rings. The molecule has 0 aliphatic carbocycles. The maximum absolute atomic E-state index is 12.9. The van der Waals surface area contributed by atoms with Crippen molar-refractivity contribution in [2.24, 2.45) is 5.10 Å². The molecule has 0 fully saturated rings. The van der Waals surface area contributed by atoms with E-state index in [2.05, 4.69) is 26.5 Å². The van der Waals surface area contributed by atoms with Gasteiger partial charge in [-0.15, -0.1) is 0 Å². The Hall–Kier alpha value is -2.63. The molecule has 1 N–H and O–H groups in total. The number of hydrogen-bond acceptors (Lipinski definition) is 7. The van der Waals surface area contributed by atoms with E-state index in [9.17, 15) is 13.2 Å². The molecule has 0 aromatic heterocycles. The number of hydrazone groups is 1. The third-order valence-corrected chi connectivity index (χ3v) is 6.33. The first-order chi connectivity index (χ1) is 14.2. The maximum atomic E-state index is 12.9. The number of carbonyl (C=O) groups is 1. The second-order valence-corrected chi connectivity index (χ2v) is 8.89. The van der Waals surface area contributed by atoms with Gasteiger partial charge in [-0.3, -0.25) is 4.79 Å². The van der Waals surface area contributed by atoms with E-state index in [0.717, 1.165) is 8.78 Å². The van der Waals surface area contributed by atoms with Crippen LogP contribution in [0.3, 0.4) is 0 Å². The van der Waals surface area contributed by atoms with E-state index >= 15 is 0 Å². The Bertz CT molecular complexity index is 1040. The number of rotatable bonds is 9. The van der Waals surface area contributed by atoms with Crippen LogP contribution in [0.15, 0.2) is 50.9 Å². The van der Waals surface area contributed by atoms with Gasteiger partial charge in [0, 0.05) is 23.2 Å². The lowest BCUT2D eigenvalue weighted by atomic mass is 10.2. The van der Waals surface area contributed by atoms with Crippen molar-refractivity contribution in [1.82, 2.24) is 9.73 Å². The number of halogens is 1. The zero-order valence-electron chi connectivity index (χ0n) is 16.9. The Labute approximate surface area is 183 Å². The largest absolute Gasteiger partial charge is 0.497 e. The molecule has 0 heterocycles. The molecule has 0 bridgehead atoms. The van der Waals surface area contributed by atoms with Crippen LogP contribution >= 0.6 is 15.9 Å². The Morgan fingerprint density at radius 2 is 1.77 bits per heavy atom. The third kappa shape index (κ3) is 5.71. The smallest absolute Gasteiger partial charge is 0.255 e. The molecular formula is C19H22BrN3O6S. The van der Waals surface area contributed by atoms with E-state index in [0.29, 0.717) is 17.1 Å². The van der Waals surface area contributed by atoms with Crippen molar-refractivity contribution in [3.05, 3.63) is 46.4 Å². The predicted molar refractivity (Wildman–Crippen MR) is 116 cm³/mol. The monoisotopic (exact) mass is 499 g/mol. The zero-order valence-corrected chi connectivity index (χ0v) is 19.3. The van der Waals surface area contributed by atoms with Crippen LogP contribution in [0.2, 0.25) is 0 Å². The molecule has 11 heteroatoms. The average Bonchev–Trinajstić information content (AvgIpc) is 2.73. The van der Waals surface area contributed by atoms with Crippen LogP contribution in [0, 0.1) is 0 Å². The van der Waals surface area contributed by atoms with Gasteiger partial charge in [0.2, 0.25) is 10.0 Å². The summed E-state index contributed by atoms with van der Waals surface area (Å²) >= 11 is 3.35. The fourth-order valence-corrected chi connectivity index (χ4v) is 4.13. The SMILES string of the molecule is COc1ccc(OC)c(S(=O)(=O)N(C)CC(=O)N/N=C/c2cc(Br)ccc2OC)c1. The highest BCUT2D eigenvalue weighted by Gasteiger charge is 2.27. The van der Waals surface area contributed by atoms with Gasteiger partial charge in [0.15, 0.2) is 0 Å². The number of carbonyl (C=O) groups excluding carboxylic acids is 1. The second kappa shape index (κ2) is 10.4. The van der Waals surface area contributed by atoms with Gasteiger partial charge in [0.25, 0.3) is 5.91 Å². The van der Waals surface area contributed by atoms with E-state index in [4.69, 9.17) is 14.2 Å². The number of sulfonamides is 1. The summed E-state index contributed by atoms with van der Waals surface area (Å²) in [6.45, 7) is -0.449. The van der Waals surface area contributed by atoms with Crippen LogP contribution in [0.25, 0.3) is 0 Å². The summed E-state index contributed by atoms with van der Waals surface area (Å²) in [7, 11) is 1.58. The van der Waals surface area contributed by atoms with E-state index in [-0.39, 0.29) is 10.6 Å². The summed E-state index contributed by atoms with van der Waals surface area (Å²) in [5.74, 6) is 0.441. The Morgan fingerprint density at radius 3 is 2.40 bits per heavy atom. The van der Waals surface area contributed by atoms with Gasteiger partial charge in [-0.1, -0.05) is 15.9 Å². The van der Waals surface area contributed by atoms with E-state index in [1.807, 2.05) is 0 Å². The number of methoxy groups -OCH3 is 3. The number of hydrogen-bond donors (Lipinski definition) is 1. The summed E-state index contributed by atoms with van der Waals surface area (Å²) in [5.41, 5.74) is 2.94. The van der Waals surface area contributed by atoms with Crippen LogP contribution in [0.5, 0.6) is 17.2 Å². The Morgan fingerprint density at radius 1 is 1.10 bits per heavy atom. The van der Waals surface area contributed by atoms with E-state index in [1.54, 1.807) is 24.3 Å². The number of nitrogens with one attached hydrogen (secondary N) is 1. The van der Waals surface area contributed by atoms with Crippen LogP contribution < -0.4 is 19.6 Å². The predicted octanol–water partition coefficient (Wildman–Crippen LogP) is 2.25. The Balaban J connectivity index is 2.11. The lowest BCUT2D eigenvalue weighted by molar-refractivity contribution is -0.121. The van der Waals surface area contributed by atoms with Gasteiger partial charge in [-0.2, -0.15) is 9.41 Å². The molecule has 9 nitrogen and oxygen atoms in total. The maximum Gasteiger partial charge on any atom is 0.255 e. The first kappa shape index (κ1) is 23.6. The van der Waals surface area contributed by atoms with Gasteiger partial charge in [0.1, 0.15) is 22.1 Å². The minimum Gasteiger partial charge on any atom is -0.497 e. The van der Waals surface area contributed by atoms with Crippen molar-refractivity contribution >= 4 is 38.1 Å². The standard InChI is InChI=1S/C19H22BrN3O6S/c1-23(30(25,26)18-10-15(27-2)6-8-17(18)29-4)12-19(24)22-21-11-13-9-14(20)5-7-16(13)28-3/h5-11H,12H2,1-4H3,(H,22,24)/b21-11+. The van der Waals surface area contributed by atoms with Crippen molar-refractivity contribution in [2.75, 3.05) is 34.9 Å². The number of nitrogens with zero attached hydrogens (tertiary/aromatic N) is 2. The van der Waals surface area contributed by atoms with E-state index < -0.39 is 22.5 Å². The van der Waals surface area contributed by atoms with Gasteiger partial charge in [-0.05, 0) is 30.3 Å². The summed E-state index contributed by atoms with van der Waals surface area (Å²) in [6, 6.07) is 9.71. The van der Waals surface area contributed by atoms with Gasteiger partial charge in [-0.25, -0.2) is 13.8 Å². The summed E-state index contributed by atoms with van der Waals surface area (Å²) in [5, 5.41) is 3.87. The molecule has 0 unspecified atom stereocenters. The molecule has 2 aromatic carbocycles. The molecule has 0 aliphatic heterocycles. The fourth-order valence-electron chi connectivity index (χ4n) is 2.46. The molecule has 30 heavy (non-hydrogen) atoms. The van der Waals surface area contributed by atoms with Crippen molar-refractivity contribution < 1.29 is 27.4 Å². The molecule has 1 amide bonds. The molecule has 0 spiro atoms. The lowest BCUT2D eigenvalue weighted by Crippen LogP contribution is -2.36. The third-order valence-electron chi connectivity index (χ3n) is 4.01. The fraction of sp³-hybridized carbons (Fsp3) is 0.263. The molecule has 0 radical (unpaired) electrons. The van der Waals surface area contributed by atoms with Crippen LogP contribution in [0.1, 0.15) is 5.56 Å². The molecule has 0 saturated heterocycles. The summed E-state index contributed by atoms with van der Waals surface area (Å²) in [4.78, 5) is 12.1. The minimum atomic E-state index is -4.01. The average molecular weight is 500 g/mol. The van der Waals surface area contributed by atoms with Crippen molar-refractivity contribution in [3.8, 4) is 17.2 Å². The number of benzene rings is 2. The highest BCUT2D eigenvalue weighted by molar-refractivity contribution is 9.10. The molecule has 162 valence electrons. The normalized spacial score (nSPS) is 11.5. The first-order valence-corrected chi connectivity index (χ1v) is 10.8. The van der Waals surface area contributed by atoms with Crippen molar-refractivity contribution in [1.29, 1.82) is 0 Å². The second-order valence-electron chi connectivity index (χ2n) is 5.96. The molecule has 2 aromatic rings. The van der Waals surface area contributed by atoms with E-state index in [1.165, 1.54) is 46.7 Å². The molecule has 2 rings (SSSR count). The summed E-state index contributed by atoms with van der Waals surface area (Å²) in [6.07, 6.45) is 1.40. The number of amides is 1. The van der Waals surface area contributed by atoms with Crippen LogP contribution in [0.4, 0.5) is 0 Å². The molecule has 0 atom stereocenters. The quantitative estimate of drug-likeness (QED) is 0.418. The first-order valence-electron chi connectivity index (χ1n) is 8.56. The lowest BCUT2D eigenvalue weighted by Gasteiger charge is -2.18. The van der Waals surface area contributed by atoms with Gasteiger partial charge >= 0.3 is 0 Å². The Kier molecular flexibility index (Phi) is 8.21. The zero-order chi connectivity index (χ0) is 22.3. The highest BCUT2D eigenvalue weighted by atomic mass is 79.9. The van der Waals surface area contributed by atoms with Crippen LogP contribution in [-0.2, 0) is 14.8 Å². The highest BCUT2D eigenvalue weighted by Crippen LogP contribution is 2.30. The number of ether oxygens (including phenoxy) is 3. The van der Waals surface area contributed by atoms with Crippen LogP contribution in [-0.4, -0.2) is 59.8 Å². The van der Waals surface area contributed by atoms with Crippen molar-refractivity contribution in [2.45, 2.75) is 4.90 Å². The van der Waals surface area contributed by atoms with Gasteiger partial charge < -0.3 is 14.2 Å². The minimum absolute atomic E-state index is 0.109.